The van der Waals surface area contributed by atoms with Crippen LogP contribution in [0, 0.1) is 11.6 Å². The number of halogens is 2. The summed E-state index contributed by atoms with van der Waals surface area (Å²) in [5.74, 6) is -0.876. The quantitative estimate of drug-likeness (QED) is 0.844. The van der Waals surface area contributed by atoms with Crippen LogP contribution in [0.5, 0.6) is 0 Å². The molecule has 0 atom stereocenters. The molecule has 0 bridgehead atoms. The van der Waals surface area contributed by atoms with Crippen molar-refractivity contribution in [3.05, 3.63) is 65.2 Å². The molecule has 2 N–H and O–H groups in total. The first kappa shape index (κ1) is 12.1. The van der Waals surface area contributed by atoms with Crippen molar-refractivity contribution in [1.82, 2.24) is 0 Å². The van der Waals surface area contributed by atoms with Crippen LogP contribution in [0.1, 0.15) is 11.1 Å². The van der Waals surface area contributed by atoms with Crippen molar-refractivity contribution in [2.24, 2.45) is 0 Å². The van der Waals surface area contributed by atoms with Crippen molar-refractivity contribution in [3.63, 3.8) is 0 Å². The fourth-order valence-electron chi connectivity index (χ4n) is 2.48. The fourth-order valence-corrected chi connectivity index (χ4v) is 2.48. The van der Waals surface area contributed by atoms with Crippen LogP contribution in [0.25, 0.3) is 0 Å². The van der Waals surface area contributed by atoms with Gasteiger partial charge in [0.1, 0.15) is 11.6 Å². The van der Waals surface area contributed by atoms with Crippen molar-refractivity contribution in [2.75, 3.05) is 18.9 Å². The van der Waals surface area contributed by atoms with Gasteiger partial charge in [0.25, 0.3) is 0 Å². The summed E-state index contributed by atoms with van der Waals surface area (Å²) in [4.78, 5) is 0. The van der Waals surface area contributed by atoms with E-state index in [9.17, 15) is 8.78 Å². The van der Waals surface area contributed by atoms with Gasteiger partial charge in [-0.05, 0) is 35.9 Å². The Bertz CT molecular complexity index is 623. The number of benzene rings is 2. The zero-order valence-corrected chi connectivity index (χ0v) is 10.2. The number of hydrogen-bond acceptors (Lipinski definition) is 2. The van der Waals surface area contributed by atoms with Gasteiger partial charge in [-0.3, -0.25) is 0 Å². The van der Waals surface area contributed by atoms with Gasteiger partial charge in [0.05, 0.1) is 18.6 Å². The molecule has 0 unspecified atom stereocenters. The molecule has 2 aromatic rings. The van der Waals surface area contributed by atoms with Crippen LogP contribution in [-0.4, -0.2) is 13.2 Å². The van der Waals surface area contributed by atoms with E-state index in [2.05, 4.69) is 0 Å². The summed E-state index contributed by atoms with van der Waals surface area (Å²) in [6.07, 6.45) is 0. The van der Waals surface area contributed by atoms with E-state index in [-0.39, 0.29) is 0 Å². The Balaban J connectivity index is 2.16. The van der Waals surface area contributed by atoms with Gasteiger partial charge in [-0.15, -0.1) is 0 Å². The number of nitrogen functional groups attached to an aromatic ring is 1. The van der Waals surface area contributed by atoms with Crippen LogP contribution in [0.4, 0.5) is 14.5 Å². The second kappa shape index (κ2) is 4.31. The second-order valence-electron chi connectivity index (χ2n) is 4.82. The van der Waals surface area contributed by atoms with Gasteiger partial charge < -0.3 is 10.5 Å². The molecule has 0 aliphatic carbocycles. The van der Waals surface area contributed by atoms with E-state index in [4.69, 9.17) is 10.5 Å². The van der Waals surface area contributed by atoms with Crippen LogP contribution in [0.3, 0.4) is 0 Å². The van der Waals surface area contributed by atoms with Gasteiger partial charge in [-0.2, -0.15) is 0 Å². The van der Waals surface area contributed by atoms with Crippen LogP contribution >= 0.6 is 0 Å². The van der Waals surface area contributed by atoms with Crippen molar-refractivity contribution >= 4 is 5.69 Å². The van der Waals surface area contributed by atoms with Gasteiger partial charge in [0, 0.05) is 11.3 Å². The summed E-state index contributed by atoms with van der Waals surface area (Å²) in [5.41, 5.74) is 6.91. The standard InChI is InChI=1S/C15H13F2NO/c16-11-4-5-14(17)13(7-11)15(8-19-9-15)10-2-1-3-12(18)6-10/h1-7H,8-9,18H2. The Morgan fingerprint density at radius 1 is 1.05 bits per heavy atom. The highest BCUT2D eigenvalue weighted by atomic mass is 19.1. The summed E-state index contributed by atoms with van der Waals surface area (Å²) in [5, 5.41) is 0. The smallest absolute Gasteiger partial charge is 0.127 e. The summed E-state index contributed by atoms with van der Waals surface area (Å²) < 4.78 is 32.7. The molecule has 98 valence electrons. The molecule has 1 saturated heterocycles. The molecule has 1 fully saturated rings. The maximum Gasteiger partial charge on any atom is 0.127 e. The minimum absolute atomic E-state index is 0.323. The third-order valence-corrected chi connectivity index (χ3v) is 3.58. The lowest BCUT2D eigenvalue weighted by Gasteiger charge is -2.42. The molecule has 0 spiro atoms. The lowest BCUT2D eigenvalue weighted by Crippen LogP contribution is -2.48. The SMILES string of the molecule is Nc1cccc(C2(c3cc(F)ccc3F)COC2)c1. The highest BCUT2D eigenvalue weighted by Crippen LogP contribution is 2.41. The van der Waals surface area contributed by atoms with E-state index in [1.807, 2.05) is 12.1 Å². The molecule has 1 aliphatic heterocycles. The van der Waals surface area contributed by atoms with E-state index in [1.54, 1.807) is 12.1 Å². The zero-order chi connectivity index (χ0) is 13.5. The molecule has 19 heavy (non-hydrogen) atoms. The normalized spacial score (nSPS) is 16.9. The van der Waals surface area contributed by atoms with Gasteiger partial charge in [-0.25, -0.2) is 8.78 Å². The van der Waals surface area contributed by atoms with E-state index in [0.717, 1.165) is 17.7 Å². The highest BCUT2D eigenvalue weighted by molar-refractivity contribution is 5.49. The molecule has 2 nitrogen and oxygen atoms in total. The van der Waals surface area contributed by atoms with Crippen molar-refractivity contribution in [2.45, 2.75) is 5.41 Å². The molecular formula is C15H13F2NO. The average molecular weight is 261 g/mol. The van der Waals surface area contributed by atoms with Crippen molar-refractivity contribution in [1.29, 1.82) is 0 Å². The molecule has 1 heterocycles. The fraction of sp³-hybridized carbons (Fsp3) is 0.200. The third-order valence-electron chi connectivity index (χ3n) is 3.58. The van der Waals surface area contributed by atoms with Gasteiger partial charge >= 0.3 is 0 Å². The monoisotopic (exact) mass is 261 g/mol. The van der Waals surface area contributed by atoms with Crippen LogP contribution < -0.4 is 5.73 Å². The Hall–Kier alpha value is -1.94. The largest absolute Gasteiger partial charge is 0.399 e. The summed E-state index contributed by atoms with van der Waals surface area (Å²) in [6.45, 7) is 0.660. The van der Waals surface area contributed by atoms with Crippen LogP contribution in [0.2, 0.25) is 0 Å². The molecule has 2 aromatic carbocycles. The Morgan fingerprint density at radius 3 is 2.47 bits per heavy atom. The van der Waals surface area contributed by atoms with Crippen LogP contribution in [-0.2, 0) is 10.2 Å². The third kappa shape index (κ3) is 1.88. The van der Waals surface area contributed by atoms with E-state index in [0.29, 0.717) is 24.5 Å². The van der Waals surface area contributed by atoms with Gasteiger partial charge in [0.2, 0.25) is 0 Å². The van der Waals surface area contributed by atoms with Crippen molar-refractivity contribution in [3.8, 4) is 0 Å². The Kier molecular flexibility index (Phi) is 2.75. The molecule has 4 heteroatoms. The molecule has 1 aliphatic rings. The number of rotatable bonds is 2. The topological polar surface area (TPSA) is 35.2 Å². The lowest BCUT2D eigenvalue weighted by atomic mass is 9.72. The minimum Gasteiger partial charge on any atom is -0.399 e. The number of ether oxygens (including phenoxy) is 1. The van der Waals surface area contributed by atoms with Crippen LogP contribution in [0.15, 0.2) is 42.5 Å². The summed E-state index contributed by atoms with van der Waals surface area (Å²) in [7, 11) is 0. The van der Waals surface area contributed by atoms with E-state index >= 15 is 0 Å². The summed E-state index contributed by atoms with van der Waals surface area (Å²) >= 11 is 0. The van der Waals surface area contributed by atoms with E-state index < -0.39 is 17.0 Å². The Labute approximate surface area is 109 Å². The first-order chi connectivity index (χ1) is 9.12. The zero-order valence-electron chi connectivity index (χ0n) is 10.2. The minimum atomic E-state index is -0.637. The molecule has 0 aromatic heterocycles. The maximum atomic E-state index is 14.0. The molecule has 0 amide bonds. The Morgan fingerprint density at radius 2 is 1.84 bits per heavy atom. The number of hydrogen-bond donors (Lipinski definition) is 1. The molecular weight excluding hydrogens is 248 g/mol. The highest BCUT2D eigenvalue weighted by Gasteiger charge is 2.44. The van der Waals surface area contributed by atoms with Gasteiger partial charge in [-0.1, -0.05) is 12.1 Å². The average Bonchev–Trinajstić information content (AvgIpc) is 2.32. The first-order valence-corrected chi connectivity index (χ1v) is 6.01. The van der Waals surface area contributed by atoms with Crippen molar-refractivity contribution < 1.29 is 13.5 Å². The predicted octanol–water partition coefficient (Wildman–Crippen LogP) is 2.86. The molecule has 3 rings (SSSR count). The molecule has 0 saturated carbocycles. The maximum absolute atomic E-state index is 14.0. The summed E-state index contributed by atoms with van der Waals surface area (Å²) in [6, 6.07) is 10.7. The van der Waals surface area contributed by atoms with E-state index in [1.165, 1.54) is 6.07 Å². The number of anilines is 1. The number of nitrogens with two attached hydrogens (primary N) is 1. The second-order valence-corrected chi connectivity index (χ2v) is 4.82. The molecule has 0 radical (unpaired) electrons. The predicted molar refractivity (Wildman–Crippen MR) is 68.8 cm³/mol. The lowest BCUT2D eigenvalue weighted by molar-refractivity contribution is -0.0396. The van der Waals surface area contributed by atoms with Gasteiger partial charge in [0.15, 0.2) is 0 Å². The first-order valence-electron chi connectivity index (χ1n) is 6.01.